The molecule has 2 N–H and O–H groups in total. The Kier molecular flexibility index (Phi) is 17.9. The van der Waals surface area contributed by atoms with Crippen molar-refractivity contribution in [1.29, 1.82) is 0 Å². The van der Waals surface area contributed by atoms with Gasteiger partial charge in [0.2, 0.25) is 0 Å². The summed E-state index contributed by atoms with van der Waals surface area (Å²) in [6.45, 7) is 10.8. The summed E-state index contributed by atoms with van der Waals surface area (Å²) in [5.74, 6) is 0. The van der Waals surface area contributed by atoms with Crippen molar-refractivity contribution in [3.05, 3.63) is 36.8 Å². The first-order chi connectivity index (χ1) is 6.91. The largest absolute Gasteiger partial charge is 0.313 e. The summed E-state index contributed by atoms with van der Waals surface area (Å²) in [5, 5.41) is 6.54. The van der Waals surface area contributed by atoms with E-state index in [1.807, 2.05) is 12.2 Å². The van der Waals surface area contributed by atoms with Crippen LogP contribution < -0.4 is 10.6 Å². The van der Waals surface area contributed by atoms with Gasteiger partial charge < -0.3 is 10.6 Å². The molecular weight excluding hydrogens is 252 g/mol. The van der Waals surface area contributed by atoms with Crippen LogP contribution >= 0.6 is 17.0 Å². The maximum atomic E-state index is 3.49. The van der Waals surface area contributed by atoms with Crippen LogP contribution in [0.25, 0.3) is 0 Å². The summed E-state index contributed by atoms with van der Waals surface area (Å²) in [6, 6.07) is 0. The number of halogens is 1. The summed E-state index contributed by atoms with van der Waals surface area (Å²) in [5.41, 5.74) is 5.45. The van der Waals surface area contributed by atoms with E-state index in [0.29, 0.717) is 0 Å². The van der Waals surface area contributed by atoms with Gasteiger partial charge in [-0.1, -0.05) is 13.2 Å². The van der Waals surface area contributed by atoms with E-state index < -0.39 is 0 Å². The van der Waals surface area contributed by atoms with Gasteiger partial charge in [-0.15, -0.1) is 28.4 Å². The Balaban J connectivity index is 0. The SMILES string of the molecule is Br.C=C=CCNCCCCNCC=C=C. The molecule has 0 aliphatic heterocycles. The van der Waals surface area contributed by atoms with Gasteiger partial charge in [0.25, 0.3) is 0 Å². The second kappa shape index (κ2) is 15.9. The maximum absolute atomic E-state index is 3.49. The summed E-state index contributed by atoms with van der Waals surface area (Å²) in [7, 11) is 0. The highest BCUT2D eigenvalue weighted by Gasteiger charge is 1.86. The molecule has 15 heavy (non-hydrogen) atoms. The van der Waals surface area contributed by atoms with Crippen LogP contribution in [0.15, 0.2) is 36.8 Å². The van der Waals surface area contributed by atoms with E-state index in [1.165, 1.54) is 12.8 Å². The highest BCUT2D eigenvalue weighted by Crippen LogP contribution is 1.83. The van der Waals surface area contributed by atoms with Gasteiger partial charge in [0.05, 0.1) is 0 Å². The van der Waals surface area contributed by atoms with Crippen LogP contribution in [-0.2, 0) is 0 Å². The van der Waals surface area contributed by atoms with Crippen LogP contribution in [0.2, 0.25) is 0 Å². The van der Waals surface area contributed by atoms with Crippen LogP contribution in [-0.4, -0.2) is 26.2 Å². The first-order valence-electron chi connectivity index (χ1n) is 5.02. The van der Waals surface area contributed by atoms with Crippen molar-refractivity contribution < 1.29 is 0 Å². The number of rotatable bonds is 9. The highest BCUT2D eigenvalue weighted by atomic mass is 79.9. The van der Waals surface area contributed by atoms with Crippen molar-refractivity contribution >= 4 is 17.0 Å². The van der Waals surface area contributed by atoms with Gasteiger partial charge >= 0.3 is 0 Å². The van der Waals surface area contributed by atoms with E-state index in [2.05, 4.69) is 35.3 Å². The van der Waals surface area contributed by atoms with E-state index in [0.717, 1.165) is 26.2 Å². The number of nitrogens with one attached hydrogen (secondary N) is 2. The molecule has 0 aromatic rings. The van der Waals surface area contributed by atoms with E-state index in [1.54, 1.807) is 0 Å². The third kappa shape index (κ3) is 16.1. The lowest BCUT2D eigenvalue weighted by atomic mass is 10.3. The minimum atomic E-state index is 0. The molecule has 0 rings (SSSR count). The Hall–Kier alpha value is -0.560. The fourth-order valence-corrected chi connectivity index (χ4v) is 0.993. The molecule has 0 radical (unpaired) electrons. The van der Waals surface area contributed by atoms with Crippen molar-refractivity contribution in [1.82, 2.24) is 10.6 Å². The number of hydrogen-bond acceptors (Lipinski definition) is 2. The molecule has 0 amide bonds. The van der Waals surface area contributed by atoms with Crippen LogP contribution in [0.4, 0.5) is 0 Å². The van der Waals surface area contributed by atoms with Crippen LogP contribution in [0.3, 0.4) is 0 Å². The molecule has 0 aromatic heterocycles. The topological polar surface area (TPSA) is 24.1 Å². The van der Waals surface area contributed by atoms with Crippen molar-refractivity contribution in [2.45, 2.75) is 12.8 Å². The average molecular weight is 273 g/mol. The van der Waals surface area contributed by atoms with Gasteiger partial charge in [-0.3, -0.25) is 0 Å². The average Bonchev–Trinajstić information content (AvgIpc) is 2.21. The third-order valence-electron chi connectivity index (χ3n) is 1.74. The van der Waals surface area contributed by atoms with Crippen molar-refractivity contribution in [2.75, 3.05) is 26.2 Å². The predicted octanol–water partition coefficient (Wildman–Crippen LogP) is 2.21. The molecule has 0 aromatic carbocycles. The number of unbranched alkanes of at least 4 members (excludes halogenated alkanes) is 1. The second-order valence-electron chi connectivity index (χ2n) is 2.93. The third-order valence-corrected chi connectivity index (χ3v) is 1.74. The van der Waals surface area contributed by atoms with Crippen LogP contribution in [0.5, 0.6) is 0 Å². The summed E-state index contributed by atoms with van der Waals surface area (Å²) in [4.78, 5) is 0. The second-order valence-corrected chi connectivity index (χ2v) is 2.93. The highest BCUT2D eigenvalue weighted by molar-refractivity contribution is 8.93. The molecule has 0 bridgehead atoms. The molecule has 0 atom stereocenters. The summed E-state index contributed by atoms with van der Waals surface area (Å²) in [6.07, 6.45) is 6.17. The zero-order valence-electron chi connectivity index (χ0n) is 9.22. The van der Waals surface area contributed by atoms with Crippen molar-refractivity contribution in [3.8, 4) is 0 Å². The fourth-order valence-electron chi connectivity index (χ4n) is 0.993. The molecule has 0 saturated carbocycles. The molecule has 86 valence electrons. The lowest BCUT2D eigenvalue weighted by molar-refractivity contribution is 0.617. The minimum Gasteiger partial charge on any atom is -0.313 e. The quantitative estimate of drug-likeness (QED) is 0.497. The van der Waals surface area contributed by atoms with Gasteiger partial charge in [0.15, 0.2) is 0 Å². The fraction of sp³-hybridized carbons (Fsp3) is 0.500. The molecule has 0 aliphatic rings. The van der Waals surface area contributed by atoms with Gasteiger partial charge in [-0.25, -0.2) is 0 Å². The van der Waals surface area contributed by atoms with Gasteiger partial charge in [-0.05, 0) is 38.1 Å². The Morgan fingerprint density at radius 2 is 1.27 bits per heavy atom. The predicted molar refractivity (Wildman–Crippen MR) is 72.7 cm³/mol. The zero-order chi connectivity index (χ0) is 10.5. The van der Waals surface area contributed by atoms with Crippen molar-refractivity contribution in [3.63, 3.8) is 0 Å². The van der Waals surface area contributed by atoms with Crippen LogP contribution in [0.1, 0.15) is 12.8 Å². The molecule has 3 heteroatoms. The first kappa shape index (κ1) is 16.9. The van der Waals surface area contributed by atoms with Crippen LogP contribution in [0, 0.1) is 0 Å². The monoisotopic (exact) mass is 272 g/mol. The standard InChI is InChI=1S/C12H20N2.BrH/c1-3-5-9-13-11-7-8-12-14-10-6-4-2;/h5-6,13-14H,1-2,7-12H2;1H. The van der Waals surface area contributed by atoms with Crippen molar-refractivity contribution in [2.24, 2.45) is 0 Å². The summed E-state index contributed by atoms with van der Waals surface area (Å²) < 4.78 is 0. The van der Waals surface area contributed by atoms with E-state index >= 15 is 0 Å². The lowest BCUT2D eigenvalue weighted by Gasteiger charge is -2.02. The number of hydrogen-bond donors (Lipinski definition) is 2. The molecule has 0 heterocycles. The van der Waals surface area contributed by atoms with Gasteiger partial charge in [-0.2, -0.15) is 0 Å². The molecule has 0 aliphatic carbocycles. The summed E-state index contributed by atoms with van der Waals surface area (Å²) >= 11 is 0. The van der Waals surface area contributed by atoms with Gasteiger partial charge in [0, 0.05) is 13.1 Å². The first-order valence-corrected chi connectivity index (χ1v) is 5.02. The minimum absolute atomic E-state index is 0. The Labute approximate surface area is 104 Å². The Morgan fingerprint density at radius 1 is 0.867 bits per heavy atom. The van der Waals surface area contributed by atoms with E-state index in [-0.39, 0.29) is 17.0 Å². The van der Waals surface area contributed by atoms with E-state index in [9.17, 15) is 0 Å². The Morgan fingerprint density at radius 3 is 1.60 bits per heavy atom. The molecule has 0 saturated heterocycles. The molecule has 0 unspecified atom stereocenters. The molecule has 2 nitrogen and oxygen atoms in total. The molecule has 0 fully saturated rings. The zero-order valence-corrected chi connectivity index (χ0v) is 10.9. The maximum Gasteiger partial charge on any atom is 0.0209 e. The van der Waals surface area contributed by atoms with E-state index in [4.69, 9.17) is 0 Å². The smallest absolute Gasteiger partial charge is 0.0209 e. The molecule has 0 spiro atoms. The Bertz CT molecular complexity index is 190. The van der Waals surface area contributed by atoms with Gasteiger partial charge in [0.1, 0.15) is 0 Å². The lowest BCUT2D eigenvalue weighted by Crippen LogP contribution is -2.18. The normalized spacial score (nSPS) is 8.27. The molecular formula is C12H21BrN2.